The maximum atomic E-state index is 13.9. The number of fused-ring (bicyclic) bond motifs is 5. The summed E-state index contributed by atoms with van der Waals surface area (Å²) in [6.45, 7) is 0.633. The summed E-state index contributed by atoms with van der Waals surface area (Å²) >= 11 is 0. The molecule has 0 radical (unpaired) electrons. The zero-order valence-corrected chi connectivity index (χ0v) is 18.5. The van der Waals surface area contributed by atoms with Gasteiger partial charge in [-0.3, -0.25) is 29.4 Å². The van der Waals surface area contributed by atoms with Crippen LogP contribution in [0.25, 0.3) is 6.08 Å². The number of ether oxygens (including phenoxy) is 1. The number of benzene rings is 2. The average molecular weight is 461 g/mol. The van der Waals surface area contributed by atoms with Crippen molar-refractivity contribution < 1.29 is 24.0 Å². The van der Waals surface area contributed by atoms with Crippen LogP contribution >= 0.6 is 0 Å². The van der Waals surface area contributed by atoms with Crippen molar-refractivity contribution in [2.24, 2.45) is 11.8 Å². The summed E-state index contributed by atoms with van der Waals surface area (Å²) in [7, 11) is 1.55. The number of carbonyl (C=O) groups is 3. The second-order valence-electron chi connectivity index (χ2n) is 8.66. The molecule has 5 rings (SSSR count). The van der Waals surface area contributed by atoms with Gasteiger partial charge in [0.25, 0.3) is 5.69 Å². The fourth-order valence-corrected chi connectivity index (χ4v) is 5.41. The van der Waals surface area contributed by atoms with Gasteiger partial charge in [-0.2, -0.15) is 0 Å². The first-order valence-electron chi connectivity index (χ1n) is 11.1. The number of ketones is 1. The minimum atomic E-state index is -0.952. The zero-order valence-electron chi connectivity index (χ0n) is 18.5. The molecule has 2 saturated heterocycles. The number of methoxy groups -OCH3 is 1. The lowest BCUT2D eigenvalue weighted by molar-refractivity contribution is -0.384. The van der Waals surface area contributed by atoms with E-state index < -0.39 is 34.6 Å². The Labute approximate surface area is 195 Å². The van der Waals surface area contributed by atoms with Gasteiger partial charge in [-0.25, -0.2) is 0 Å². The Morgan fingerprint density at radius 1 is 1.09 bits per heavy atom. The molecular weight excluding hydrogens is 438 g/mol. The summed E-state index contributed by atoms with van der Waals surface area (Å²) in [6, 6.07) is 11.6. The normalized spacial score (nSPS) is 24.7. The van der Waals surface area contributed by atoms with Crippen LogP contribution < -0.4 is 4.90 Å². The first-order chi connectivity index (χ1) is 16.4. The molecule has 0 bridgehead atoms. The highest BCUT2D eigenvalue weighted by molar-refractivity contribution is 6.14. The lowest BCUT2D eigenvalue weighted by atomic mass is 9.86. The van der Waals surface area contributed by atoms with Crippen LogP contribution in [-0.2, 0) is 14.3 Å². The van der Waals surface area contributed by atoms with Crippen LogP contribution in [0.1, 0.15) is 22.3 Å². The largest absolute Gasteiger partial charge is 0.385 e. The van der Waals surface area contributed by atoms with Crippen molar-refractivity contribution in [3.63, 3.8) is 0 Å². The Bertz CT molecular complexity index is 1220. The third kappa shape index (κ3) is 3.31. The monoisotopic (exact) mass is 461 g/mol. The molecular formula is C25H23N3O6. The van der Waals surface area contributed by atoms with Gasteiger partial charge in [-0.05, 0) is 18.1 Å². The number of likely N-dealkylation sites (tertiary alicyclic amines) is 1. The molecule has 0 unspecified atom stereocenters. The maximum Gasteiger partial charge on any atom is 0.270 e. The standard InChI is InChI=1S/C25H23N3O6/c1-34-13-5-12-26-24(30)20-19-11-10-15-6-2-3-9-18(15)27(19)22(21(20)25(26)31)23(29)16-7-4-8-17(14-16)28(32)33/h2-4,6-11,14,19-22H,5,12-13H2,1H3/t19-,20+,21+,22-/m0/s1. The summed E-state index contributed by atoms with van der Waals surface area (Å²) in [4.78, 5) is 54.6. The molecule has 174 valence electrons. The molecule has 3 heterocycles. The molecule has 0 saturated carbocycles. The van der Waals surface area contributed by atoms with Gasteiger partial charge in [0, 0.05) is 43.6 Å². The van der Waals surface area contributed by atoms with Crippen LogP contribution in [0.4, 0.5) is 11.4 Å². The summed E-state index contributed by atoms with van der Waals surface area (Å²) in [5.74, 6) is -2.66. The van der Waals surface area contributed by atoms with Crippen LogP contribution in [0.2, 0.25) is 0 Å². The molecule has 3 aliphatic rings. The fraction of sp³-hybridized carbons (Fsp3) is 0.320. The van der Waals surface area contributed by atoms with Crippen molar-refractivity contribution in [1.29, 1.82) is 0 Å². The summed E-state index contributed by atoms with van der Waals surface area (Å²) in [5, 5.41) is 11.3. The van der Waals surface area contributed by atoms with E-state index in [2.05, 4.69) is 0 Å². The van der Waals surface area contributed by atoms with Gasteiger partial charge in [0.1, 0.15) is 6.04 Å². The van der Waals surface area contributed by atoms with Crippen molar-refractivity contribution in [1.82, 2.24) is 4.90 Å². The van der Waals surface area contributed by atoms with Gasteiger partial charge in [0.2, 0.25) is 11.8 Å². The summed E-state index contributed by atoms with van der Waals surface area (Å²) in [6.07, 6.45) is 4.30. The summed E-state index contributed by atoms with van der Waals surface area (Å²) < 4.78 is 5.06. The topological polar surface area (TPSA) is 110 Å². The average Bonchev–Trinajstić information content (AvgIpc) is 3.32. The molecule has 2 amide bonds. The van der Waals surface area contributed by atoms with Gasteiger partial charge in [0.05, 0.1) is 22.8 Å². The quantitative estimate of drug-likeness (QED) is 0.205. The van der Waals surface area contributed by atoms with Crippen molar-refractivity contribution in [2.75, 3.05) is 25.2 Å². The third-order valence-corrected chi connectivity index (χ3v) is 6.85. The number of rotatable bonds is 7. The highest BCUT2D eigenvalue weighted by Gasteiger charge is 2.63. The number of non-ortho nitro benzene ring substituents is 1. The number of carbonyl (C=O) groups excluding carboxylic acids is 3. The molecule has 0 spiro atoms. The van der Waals surface area contributed by atoms with E-state index in [4.69, 9.17) is 4.74 Å². The number of nitrogens with zero attached hydrogens (tertiary/aromatic N) is 3. The maximum absolute atomic E-state index is 13.9. The third-order valence-electron chi connectivity index (χ3n) is 6.85. The number of nitro groups is 1. The van der Waals surface area contributed by atoms with E-state index in [0.717, 1.165) is 11.3 Å². The molecule has 9 nitrogen and oxygen atoms in total. The molecule has 0 N–H and O–H groups in total. The van der Waals surface area contributed by atoms with Crippen LogP contribution in [0, 0.1) is 22.0 Å². The smallest absolute Gasteiger partial charge is 0.270 e. The van der Waals surface area contributed by atoms with Gasteiger partial charge < -0.3 is 9.64 Å². The summed E-state index contributed by atoms with van der Waals surface area (Å²) in [5.41, 5.74) is 1.58. The lowest BCUT2D eigenvalue weighted by Crippen LogP contribution is -2.48. The Kier molecular flexibility index (Phi) is 5.49. The molecule has 2 aromatic carbocycles. The van der Waals surface area contributed by atoms with Crippen LogP contribution in [0.15, 0.2) is 54.6 Å². The van der Waals surface area contributed by atoms with E-state index in [1.807, 2.05) is 41.3 Å². The SMILES string of the molecule is COCCCN1C(=O)[C@@H]2[C@H](C1=O)[C@@H]1C=Cc3ccccc3N1[C@@H]2C(=O)c1cccc([N+](=O)[O-])c1. The Balaban J connectivity index is 1.59. The van der Waals surface area contributed by atoms with Crippen molar-refractivity contribution >= 4 is 35.0 Å². The Morgan fingerprint density at radius 3 is 2.62 bits per heavy atom. The number of nitro benzene ring substituents is 1. The van der Waals surface area contributed by atoms with Gasteiger partial charge in [-0.1, -0.05) is 42.5 Å². The molecule has 3 aliphatic heterocycles. The van der Waals surface area contributed by atoms with E-state index in [1.54, 1.807) is 7.11 Å². The molecule has 2 fully saturated rings. The first kappa shape index (κ1) is 22.0. The minimum absolute atomic E-state index is 0.142. The van der Waals surface area contributed by atoms with Gasteiger partial charge in [-0.15, -0.1) is 0 Å². The van der Waals surface area contributed by atoms with Crippen molar-refractivity contribution in [2.45, 2.75) is 18.5 Å². The van der Waals surface area contributed by atoms with Crippen LogP contribution in [0.3, 0.4) is 0 Å². The Hall–Kier alpha value is -3.85. The number of amides is 2. The highest BCUT2D eigenvalue weighted by Crippen LogP contribution is 2.49. The Morgan fingerprint density at radius 2 is 1.85 bits per heavy atom. The first-order valence-corrected chi connectivity index (χ1v) is 11.1. The number of Topliss-reactive ketones (excluding diaryl/α,β-unsaturated/α-hetero) is 1. The minimum Gasteiger partial charge on any atom is -0.385 e. The van der Waals surface area contributed by atoms with Gasteiger partial charge in [0.15, 0.2) is 5.78 Å². The molecule has 4 atom stereocenters. The van der Waals surface area contributed by atoms with E-state index in [9.17, 15) is 24.5 Å². The predicted octanol–water partition coefficient (Wildman–Crippen LogP) is 2.70. The lowest BCUT2D eigenvalue weighted by Gasteiger charge is -2.36. The number of anilines is 1. The fourth-order valence-electron chi connectivity index (χ4n) is 5.41. The second-order valence-corrected chi connectivity index (χ2v) is 8.66. The van der Waals surface area contributed by atoms with Crippen LogP contribution in [-0.4, -0.2) is 59.8 Å². The van der Waals surface area contributed by atoms with E-state index in [0.29, 0.717) is 13.0 Å². The zero-order chi connectivity index (χ0) is 24.0. The number of hydrogen-bond donors (Lipinski definition) is 0. The van der Waals surface area contributed by atoms with Gasteiger partial charge >= 0.3 is 0 Å². The van der Waals surface area contributed by atoms with Crippen LogP contribution in [0.5, 0.6) is 0 Å². The molecule has 0 aliphatic carbocycles. The molecule has 2 aromatic rings. The number of imide groups is 1. The van der Waals surface area contributed by atoms with E-state index >= 15 is 0 Å². The molecule has 9 heteroatoms. The molecule has 34 heavy (non-hydrogen) atoms. The highest BCUT2D eigenvalue weighted by atomic mass is 16.6. The van der Waals surface area contributed by atoms with E-state index in [1.165, 1.54) is 29.2 Å². The predicted molar refractivity (Wildman–Crippen MR) is 123 cm³/mol. The second kappa shape index (κ2) is 8.49. The van der Waals surface area contributed by atoms with Crippen molar-refractivity contribution in [3.05, 3.63) is 75.8 Å². The number of para-hydroxylation sites is 1. The van der Waals surface area contributed by atoms with E-state index in [-0.39, 0.29) is 29.6 Å². The number of hydrogen-bond acceptors (Lipinski definition) is 7. The molecule has 0 aromatic heterocycles. The van der Waals surface area contributed by atoms with Crippen molar-refractivity contribution in [3.8, 4) is 0 Å².